The van der Waals surface area contributed by atoms with E-state index < -0.39 is 0 Å². The summed E-state index contributed by atoms with van der Waals surface area (Å²) in [6.07, 6.45) is 4.17. The van der Waals surface area contributed by atoms with Crippen LogP contribution < -0.4 is 5.32 Å². The lowest BCUT2D eigenvalue weighted by Crippen LogP contribution is -2.28. The molecule has 0 aliphatic heterocycles. The standard InChI is InChI=1S/C8H17N/c1-3-6-9-7(2)8-4-5-8/h7-9H,3-6H2,1-2H3/t7-/m1/s1. The molecule has 0 bridgehead atoms. The van der Waals surface area contributed by atoms with E-state index in [-0.39, 0.29) is 0 Å². The fourth-order valence-electron chi connectivity index (χ4n) is 1.13. The van der Waals surface area contributed by atoms with E-state index in [0.29, 0.717) is 0 Å². The summed E-state index contributed by atoms with van der Waals surface area (Å²) in [5.74, 6) is 1.01. The van der Waals surface area contributed by atoms with Crippen LogP contribution in [0.3, 0.4) is 0 Å². The molecule has 1 N–H and O–H groups in total. The molecule has 1 nitrogen and oxygen atoms in total. The molecule has 1 heteroatoms. The first kappa shape index (κ1) is 7.07. The van der Waals surface area contributed by atoms with Gasteiger partial charge in [-0.2, -0.15) is 0 Å². The summed E-state index contributed by atoms with van der Waals surface area (Å²) in [6.45, 7) is 5.71. The molecule has 0 aromatic rings. The van der Waals surface area contributed by atoms with Crippen LogP contribution in [-0.2, 0) is 0 Å². The van der Waals surface area contributed by atoms with E-state index in [2.05, 4.69) is 19.2 Å². The lowest BCUT2D eigenvalue weighted by atomic mass is 10.2. The maximum atomic E-state index is 3.49. The highest BCUT2D eigenvalue weighted by atomic mass is 14.9. The number of hydrogen-bond acceptors (Lipinski definition) is 1. The monoisotopic (exact) mass is 127 g/mol. The van der Waals surface area contributed by atoms with Crippen molar-refractivity contribution in [2.75, 3.05) is 6.54 Å². The Morgan fingerprint density at radius 2 is 2.22 bits per heavy atom. The average Bonchev–Trinajstić information content (AvgIpc) is 2.63. The molecule has 1 fully saturated rings. The fraction of sp³-hybridized carbons (Fsp3) is 1.00. The lowest BCUT2D eigenvalue weighted by Gasteiger charge is -2.10. The van der Waals surface area contributed by atoms with Gasteiger partial charge in [0, 0.05) is 6.04 Å². The van der Waals surface area contributed by atoms with Crippen molar-refractivity contribution < 1.29 is 0 Å². The molecule has 54 valence electrons. The van der Waals surface area contributed by atoms with Crippen LogP contribution >= 0.6 is 0 Å². The van der Waals surface area contributed by atoms with Gasteiger partial charge >= 0.3 is 0 Å². The van der Waals surface area contributed by atoms with Crippen molar-refractivity contribution in [1.82, 2.24) is 5.32 Å². The van der Waals surface area contributed by atoms with Gasteiger partial charge in [0.25, 0.3) is 0 Å². The van der Waals surface area contributed by atoms with Crippen LogP contribution in [0.15, 0.2) is 0 Å². The van der Waals surface area contributed by atoms with Crippen LogP contribution in [-0.4, -0.2) is 12.6 Å². The first-order valence-corrected chi connectivity index (χ1v) is 4.08. The maximum Gasteiger partial charge on any atom is 0.00669 e. The van der Waals surface area contributed by atoms with Crippen molar-refractivity contribution in [3.63, 3.8) is 0 Å². The van der Waals surface area contributed by atoms with Gasteiger partial charge in [0.15, 0.2) is 0 Å². The molecule has 1 atom stereocenters. The third-order valence-electron chi connectivity index (χ3n) is 2.05. The highest BCUT2D eigenvalue weighted by molar-refractivity contribution is 4.82. The van der Waals surface area contributed by atoms with Crippen molar-refractivity contribution in [1.29, 1.82) is 0 Å². The predicted octanol–water partition coefficient (Wildman–Crippen LogP) is 1.78. The van der Waals surface area contributed by atoms with Crippen molar-refractivity contribution in [2.24, 2.45) is 5.92 Å². The van der Waals surface area contributed by atoms with Crippen LogP contribution in [0.4, 0.5) is 0 Å². The summed E-state index contributed by atoms with van der Waals surface area (Å²) in [4.78, 5) is 0. The zero-order valence-electron chi connectivity index (χ0n) is 6.48. The molecule has 0 amide bonds. The van der Waals surface area contributed by atoms with E-state index in [4.69, 9.17) is 0 Å². The molecule has 1 aliphatic rings. The first-order chi connectivity index (χ1) is 4.34. The van der Waals surface area contributed by atoms with Gasteiger partial charge in [-0.25, -0.2) is 0 Å². The highest BCUT2D eigenvalue weighted by Crippen LogP contribution is 2.32. The van der Waals surface area contributed by atoms with E-state index in [9.17, 15) is 0 Å². The van der Waals surface area contributed by atoms with Gasteiger partial charge in [0.05, 0.1) is 0 Å². The molecule has 0 unspecified atom stereocenters. The smallest absolute Gasteiger partial charge is 0.00669 e. The van der Waals surface area contributed by atoms with Crippen molar-refractivity contribution in [3.8, 4) is 0 Å². The molecule has 0 heterocycles. The third kappa shape index (κ3) is 2.35. The molecule has 1 rings (SSSR count). The fourth-order valence-corrected chi connectivity index (χ4v) is 1.13. The molecule has 0 aromatic heterocycles. The van der Waals surface area contributed by atoms with Gasteiger partial charge in [0.2, 0.25) is 0 Å². The van der Waals surface area contributed by atoms with E-state index >= 15 is 0 Å². The first-order valence-electron chi connectivity index (χ1n) is 4.08. The summed E-state index contributed by atoms with van der Waals surface area (Å²) in [5, 5.41) is 3.49. The molecule has 0 spiro atoms. The van der Waals surface area contributed by atoms with Gasteiger partial charge in [-0.3, -0.25) is 0 Å². The Bertz CT molecular complexity index is 76.6. The Kier molecular flexibility index (Phi) is 2.52. The molecular weight excluding hydrogens is 110 g/mol. The van der Waals surface area contributed by atoms with Gasteiger partial charge < -0.3 is 5.32 Å². The van der Waals surface area contributed by atoms with Crippen molar-refractivity contribution >= 4 is 0 Å². The van der Waals surface area contributed by atoms with Gasteiger partial charge in [0.1, 0.15) is 0 Å². The Labute approximate surface area is 57.8 Å². The Hall–Kier alpha value is -0.0400. The molecule has 1 aliphatic carbocycles. The topological polar surface area (TPSA) is 12.0 Å². The Morgan fingerprint density at radius 3 is 2.67 bits per heavy atom. The summed E-state index contributed by atoms with van der Waals surface area (Å²) in [7, 11) is 0. The van der Waals surface area contributed by atoms with Crippen LogP contribution in [0.1, 0.15) is 33.1 Å². The predicted molar refractivity (Wildman–Crippen MR) is 40.5 cm³/mol. The lowest BCUT2D eigenvalue weighted by molar-refractivity contribution is 0.496. The molecule has 9 heavy (non-hydrogen) atoms. The third-order valence-corrected chi connectivity index (χ3v) is 2.05. The van der Waals surface area contributed by atoms with Crippen LogP contribution in [0.5, 0.6) is 0 Å². The maximum absolute atomic E-state index is 3.49. The van der Waals surface area contributed by atoms with Gasteiger partial charge in [-0.05, 0) is 38.6 Å². The van der Waals surface area contributed by atoms with E-state index in [1.54, 1.807) is 0 Å². The molecule has 0 saturated heterocycles. The minimum absolute atomic E-state index is 0.782. The normalized spacial score (nSPS) is 22.0. The number of hydrogen-bond donors (Lipinski definition) is 1. The minimum atomic E-state index is 0.782. The molecule has 0 radical (unpaired) electrons. The Balaban J connectivity index is 1.96. The van der Waals surface area contributed by atoms with E-state index in [1.807, 2.05) is 0 Å². The quantitative estimate of drug-likeness (QED) is 0.607. The zero-order valence-corrected chi connectivity index (χ0v) is 6.48. The summed E-state index contributed by atoms with van der Waals surface area (Å²) in [6, 6.07) is 0.782. The summed E-state index contributed by atoms with van der Waals surface area (Å²) < 4.78 is 0. The zero-order chi connectivity index (χ0) is 6.69. The summed E-state index contributed by atoms with van der Waals surface area (Å²) in [5.41, 5.74) is 0. The van der Waals surface area contributed by atoms with E-state index in [0.717, 1.165) is 12.0 Å². The summed E-state index contributed by atoms with van der Waals surface area (Å²) >= 11 is 0. The van der Waals surface area contributed by atoms with Crippen molar-refractivity contribution in [3.05, 3.63) is 0 Å². The van der Waals surface area contributed by atoms with Crippen LogP contribution in [0.25, 0.3) is 0 Å². The Morgan fingerprint density at radius 1 is 1.56 bits per heavy atom. The van der Waals surface area contributed by atoms with Crippen molar-refractivity contribution in [2.45, 2.75) is 39.2 Å². The SMILES string of the molecule is CCCN[C@H](C)C1CC1. The second-order valence-electron chi connectivity index (χ2n) is 3.08. The van der Waals surface area contributed by atoms with Gasteiger partial charge in [-0.15, -0.1) is 0 Å². The van der Waals surface area contributed by atoms with E-state index in [1.165, 1.54) is 25.8 Å². The number of nitrogens with one attached hydrogen (secondary N) is 1. The molecule has 0 aromatic carbocycles. The van der Waals surface area contributed by atoms with Crippen LogP contribution in [0.2, 0.25) is 0 Å². The minimum Gasteiger partial charge on any atom is -0.314 e. The highest BCUT2D eigenvalue weighted by Gasteiger charge is 2.26. The van der Waals surface area contributed by atoms with Gasteiger partial charge in [-0.1, -0.05) is 6.92 Å². The molecular formula is C8H17N. The number of rotatable bonds is 4. The van der Waals surface area contributed by atoms with Crippen LogP contribution in [0, 0.1) is 5.92 Å². The second-order valence-corrected chi connectivity index (χ2v) is 3.08. The largest absolute Gasteiger partial charge is 0.314 e. The molecule has 1 saturated carbocycles. The average molecular weight is 127 g/mol. The second kappa shape index (κ2) is 3.21.